The number of rotatable bonds is 7. The molecule has 2 heterocycles. The molecule has 0 bridgehead atoms. The molecule has 0 fully saturated rings. The highest BCUT2D eigenvalue weighted by molar-refractivity contribution is 6.35. The third kappa shape index (κ3) is 7.68. The van der Waals surface area contributed by atoms with Crippen LogP contribution in [0.1, 0.15) is 57.0 Å². The van der Waals surface area contributed by atoms with E-state index in [1.807, 2.05) is 14.1 Å². The predicted molar refractivity (Wildman–Crippen MR) is 169 cm³/mol. The lowest BCUT2D eigenvalue weighted by atomic mass is 10.0. The first-order valence-corrected chi connectivity index (χ1v) is 14.2. The minimum absolute atomic E-state index is 0.0632. The minimum atomic E-state index is -0.804. The van der Waals surface area contributed by atoms with Crippen molar-refractivity contribution in [1.29, 1.82) is 0 Å². The van der Waals surface area contributed by atoms with Crippen LogP contribution in [0.25, 0.3) is 11.6 Å². The minimum Gasteiger partial charge on any atom is -0.357 e. The summed E-state index contributed by atoms with van der Waals surface area (Å²) in [5, 5.41) is 11.2. The van der Waals surface area contributed by atoms with Gasteiger partial charge in [-0.1, -0.05) is 18.2 Å². The zero-order valence-corrected chi connectivity index (χ0v) is 25.5. The molecule has 8 nitrogen and oxygen atoms in total. The van der Waals surface area contributed by atoms with Crippen molar-refractivity contribution in [1.82, 2.24) is 15.6 Å². The smallest absolute Gasteiger partial charge is 0.256 e. The molecule has 11 heteroatoms. The molecule has 3 amide bonds. The van der Waals surface area contributed by atoms with Gasteiger partial charge in [0.05, 0.1) is 23.7 Å². The van der Waals surface area contributed by atoms with E-state index >= 15 is 0 Å². The number of benzene rings is 3. The summed E-state index contributed by atoms with van der Waals surface area (Å²) in [6.45, 7) is 5.30. The number of nitrogens with one attached hydrogen (secondary N) is 5. The number of anilines is 2. The summed E-state index contributed by atoms with van der Waals surface area (Å²) in [6.07, 6.45) is 1.36. The van der Waals surface area contributed by atoms with Gasteiger partial charge in [0.25, 0.3) is 11.8 Å². The molecule has 4 aromatic rings. The van der Waals surface area contributed by atoms with Crippen molar-refractivity contribution in [2.24, 2.45) is 0 Å². The van der Waals surface area contributed by atoms with E-state index < -0.39 is 17.5 Å². The first-order valence-electron chi connectivity index (χ1n) is 14.2. The molecule has 0 radical (unpaired) electrons. The van der Waals surface area contributed by atoms with E-state index in [4.69, 9.17) is 0 Å². The van der Waals surface area contributed by atoms with Crippen LogP contribution in [0, 0.1) is 31.3 Å². The lowest BCUT2D eigenvalue weighted by Gasteiger charge is -2.15. The number of H-pyrrole nitrogens is 1. The van der Waals surface area contributed by atoms with Crippen LogP contribution in [0.5, 0.6) is 0 Å². The second-order valence-electron chi connectivity index (χ2n) is 10.6. The first kappa shape index (κ1) is 32.7. The predicted octanol–water partition coefficient (Wildman–Crippen LogP) is 6.05. The molecule has 0 saturated carbocycles. The maximum Gasteiger partial charge on any atom is 0.256 e. The van der Waals surface area contributed by atoms with E-state index in [1.54, 1.807) is 57.2 Å². The first-order chi connectivity index (χ1) is 21.4. The number of aryl methyl sites for hydroxylation is 1. The van der Waals surface area contributed by atoms with Crippen LogP contribution in [0.2, 0.25) is 0 Å². The number of carbonyl (C=O) groups is 3. The lowest BCUT2D eigenvalue weighted by molar-refractivity contribution is -0.115. The van der Waals surface area contributed by atoms with Crippen LogP contribution in [0.4, 0.5) is 24.5 Å². The number of aromatic nitrogens is 1. The van der Waals surface area contributed by atoms with Gasteiger partial charge in [0.15, 0.2) is 0 Å². The Balaban J connectivity index is 0.00000148. The second-order valence-corrected chi connectivity index (χ2v) is 10.6. The Morgan fingerprint density at radius 1 is 0.933 bits per heavy atom. The van der Waals surface area contributed by atoms with E-state index in [2.05, 4.69) is 26.3 Å². The van der Waals surface area contributed by atoms with Crippen molar-refractivity contribution < 1.29 is 27.6 Å². The van der Waals surface area contributed by atoms with Crippen LogP contribution in [-0.2, 0) is 16.0 Å². The number of halogens is 3. The highest BCUT2D eigenvalue weighted by Gasteiger charge is 2.27. The Morgan fingerprint density at radius 3 is 2.27 bits per heavy atom. The standard InChI is InChI=1S/C32H27F3N4O3.C2H7N/c1-16-28(36-18(3)30(16)39-29(40)13-20-6-10-23(34)14-26(20)35)15-25-24-12-21(7-11-27(24)38-32(25)42)31(41)37-17(2)19-4-8-22(33)9-5-19;1-3-2/h4-12,14-15,17,36H,13H2,1-3H3,(H,37,41)(H,38,42)(H,39,40);3H,1-2H3/b25-15-;. The van der Waals surface area contributed by atoms with Gasteiger partial charge < -0.3 is 26.3 Å². The maximum absolute atomic E-state index is 14.0. The van der Waals surface area contributed by atoms with Gasteiger partial charge in [0.2, 0.25) is 5.91 Å². The van der Waals surface area contributed by atoms with Crippen molar-refractivity contribution in [3.63, 3.8) is 0 Å². The number of amides is 3. The maximum atomic E-state index is 14.0. The van der Waals surface area contributed by atoms with Crippen molar-refractivity contribution in [2.75, 3.05) is 24.7 Å². The van der Waals surface area contributed by atoms with Crippen LogP contribution in [0.3, 0.4) is 0 Å². The van der Waals surface area contributed by atoms with Crippen LogP contribution in [-0.4, -0.2) is 36.8 Å². The summed E-state index contributed by atoms with van der Waals surface area (Å²) in [5.41, 5.74) is 4.86. The van der Waals surface area contributed by atoms with Crippen molar-refractivity contribution in [3.05, 3.63) is 117 Å². The summed E-state index contributed by atoms with van der Waals surface area (Å²) < 4.78 is 40.5. The quantitative estimate of drug-likeness (QED) is 0.163. The molecule has 0 aliphatic carbocycles. The van der Waals surface area contributed by atoms with Crippen molar-refractivity contribution in [3.8, 4) is 0 Å². The van der Waals surface area contributed by atoms with Crippen LogP contribution < -0.4 is 21.3 Å². The Bertz CT molecular complexity index is 1780. The zero-order chi connectivity index (χ0) is 32.8. The number of hydrogen-bond acceptors (Lipinski definition) is 4. The van der Waals surface area contributed by atoms with Crippen molar-refractivity contribution in [2.45, 2.75) is 33.2 Å². The third-order valence-electron chi connectivity index (χ3n) is 7.18. The number of hydrogen-bond donors (Lipinski definition) is 5. The lowest BCUT2D eigenvalue weighted by Crippen LogP contribution is -2.26. The van der Waals surface area contributed by atoms with Gasteiger partial charge in [-0.05, 0) is 94.0 Å². The molecular formula is C34H34F3N5O3. The molecule has 5 rings (SSSR count). The summed E-state index contributed by atoms with van der Waals surface area (Å²) in [5.74, 6) is -3.10. The van der Waals surface area contributed by atoms with Gasteiger partial charge >= 0.3 is 0 Å². The molecule has 1 atom stereocenters. The molecule has 0 saturated heterocycles. The Hall–Kier alpha value is -5.16. The third-order valence-corrected chi connectivity index (χ3v) is 7.18. The van der Waals surface area contributed by atoms with E-state index in [1.165, 1.54) is 18.2 Å². The SMILES string of the molecule is CNC.Cc1[nH]c(/C=C2\C(=O)Nc3ccc(C(=O)NC(C)c4ccc(F)cc4)cc32)c(C)c1NC(=O)Cc1ccc(F)cc1F. The number of carbonyl (C=O) groups excluding carboxylic acids is 3. The normalized spacial score (nSPS) is 13.4. The highest BCUT2D eigenvalue weighted by atomic mass is 19.1. The van der Waals surface area contributed by atoms with Gasteiger partial charge in [0.1, 0.15) is 17.5 Å². The molecule has 3 aromatic carbocycles. The summed E-state index contributed by atoms with van der Waals surface area (Å²) >= 11 is 0. The molecule has 234 valence electrons. The fourth-order valence-electron chi connectivity index (χ4n) is 4.86. The Morgan fingerprint density at radius 2 is 1.60 bits per heavy atom. The van der Waals surface area contributed by atoms with Crippen LogP contribution in [0.15, 0.2) is 60.7 Å². The van der Waals surface area contributed by atoms with Gasteiger partial charge in [-0.15, -0.1) is 0 Å². The molecule has 1 unspecified atom stereocenters. The fourth-order valence-corrected chi connectivity index (χ4v) is 4.86. The molecule has 1 aliphatic rings. The highest BCUT2D eigenvalue weighted by Crippen LogP contribution is 2.35. The number of aromatic amines is 1. The molecule has 1 aromatic heterocycles. The zero-order valence-electron chi connectivity index (χ0n) is 25.5. The summed E-state index contributed by atoms with van der Waals surface area (Å²) in [6, 6.07) is 13.4. The van der Waals surface area contributed by atoms with E-state index in [9.17, 15) is 27.6 Å². The topological polar surface area (TPSA) is 115 Å². The Labute approximate surface area is 259 Å². The van der Waals surface area contributed by atoms with Gasteiger partial charge in [-0.3, -0.25) is 14.4 Å². The molecule has 1 aliphatic heterocycles. The summed E-state index contributed by atoms with van der Waals surface area (Å²) in [7, 11) is 3.75. The Kier molecular flexibility index (Phi) is 10.2. The largest absolute Gasteiger partial charge is 0.357 e. The van der Waals surface area contributed by atoms with E-state index in [0.717, 1.165) is 17.7 Å². The van der Waals surface area contributed by atoms with Crippen LogP contribution >= 0.6 is 0 Å². The number of fused-ring (bicyclic) bond motifs is 1. The summed E-state index contributed by atoms with van der Waals surface area (Å²) in [4.78, 5) is 41.7. The van der Waals surface area contributed by atoms with Crippen molar-refractivity contribution >= 4 is 40.7 Å². The monoisotopic (exact) mass is 617 g/mol. The van der Waals surface area contributed by atoms with E-state index in [0.29, 0.717) is 45.0 Å². The molecule has 0 spiro atoms. The van der Waals surface area contributed by atoms with Gasteiger partial charge in [0, 0.05) is 34.3 Å². The van der Waals surface area contributed by atoms with E-state index in [-0.39, 0.29) is 35.7 Å². The van der Waals surface area contributed by atoms with Gasteiger partial charge in [-0.2, -0.15) is 0 Å². The molecular weight excluding hydrogens is 583 g/mol. The van der Waals surface area contributed by atoms with Gasteiger partial charge in [-0.25, -0.2) is 13.2 Å². The molecule has 45 heavy (non-hydrogen) atoms. The average Bonchev–Trinajstić information content (AvgIpc) is 3.44. The fraction of sp³-hybridized carbons (Fsp3) is 0.206. The second kappa shape index (κ2) is 14.1. The molecule has 5 N–H and O–H groups in total. The average molecular weight is 618 g/mol.